The van der Waals surface area contributed by atoms with Crippen LogP contribution in [0.15, 0.2) is 0 Å². The number of hydrogen-bond donors (Lipinski definition) is 0. The molecular formula is C22H40AsClP2. The van der Waals surface area contributed by atoms with E-state index in [2.05, 4.69) is 41.5 Å². The Morgan fingerprint density at radius 1 is 0.654 bits per heavy atom. The molecule has 3 aliphatic heterocycles. The van der Waals surface area contributed by atoms with E-state index < -0.39 is 13.7 Å². The Morgan fingerprint density at radius 3 is 1.23 bits per heavy atom. The summed E-state index contributed by atoms with van der Waals surface area (Å²) in [6.45, 7) is 15.6. The van der Waals surface area contributed by atoms with Gasteiger partial charge in [-0.05, 0) is 0 Å². The summed E-state index contributed by atoms with van der Waals surface area (Å²) in [5, 5.41) is 0. The van der Waals surface area contributed by atoms with E-state index in [1.807, 2.05) is 0 Å². The van der Waals surface area contributed by atoms with Gasteiger partial charge in [-0.3, -0.25) is 0 Å². The Balaban J connectivity index is 1.78. The molecule has 2 bridgehead atoms. The van der Waals surface area contributed by atoms with E-state index in [1.54, 1.807) is 0 Å². The standard InChI is InChI=1S/C22H40AsClP2/c1-19(2,3)21-23(24)22(20(4,5)6,25(21)17-13-9-7-10-14-17)26(21)18-15-11-8-12-16-18/h17-18H,7-16H2,1-6H3. The predicted octanol–water partition coefficient (Wildman–Crippen LogP) is 8.44. The molecule has 0 spiro atoms. The second kappa shape index (κ2) is 6.86. The fourth-order valence-corrected chi connectivity index (χ4v) is 47.3. The molecule has 0 aromatic rings. The quantitative estimate of drug-likeness (QED) is 0.277. The Labute approximate surface area is 174 Å². The van der Waals surface area contributed by atoms with Crippen LogP contribution in [0.5, 0.6) is 0 Å². The van der Waals surface area contributed by atoms with Crippen molar-refractivity contribution in [3.05, 3.63) is 0 Å². The van der Waals surface area contributed by atoms with Gasteiger partial charge in [-0.15, -0.1) is 0 Å². The van der Waals surface area contributed by atoms with E-state index in [9.17, 15) is 0 Å². The molecule has 150 valence electrons. The van der Waals surface area contributed by atoms with Crippen LogP contribution in [0.3, 0.4) is 0 Å². The molecule has 2 aliphatic carbocycles. The van der Waals surface area contributed by atoms with Crippen LogP contribution in [0.25, 0.3) is 0 Å². The first kappa shape index (κ1) is 21.0. The Kier molecular flexibility index (Phi) is 5.53. The molecule has 0 nitrogen and oxygen atoms in total. The van der Waals surface area contributed by atoms with Gasteiger partial charge in [-0.25, -0.2) is 0 Å². The Hall–Kier alpha value is 1.71. The molecule has 0 aromatic heterocycles. The topological polar surface area (TPSA) is 0 Å². The molecule has 0 radical (unpaired) electrons. The van der Waals surface area contributed by atoms with Gasteiger partial charge in [0.05, 0.1) is 0 Å². The monoisotopic (exact) mass is 476 g/mol. The summed E-state index contributed by atoms with van der Waals surface area (Å²) in [6.07, 6.45) is 15.1. The van der Waals surface area contributed by atoms with Gasteiger partial charge in [0.2, 0.25) is 0 Å². The number of rotatable bonds is 2. The van der Waals surface area contributed by atoms with Crippen LogP contribution in [-0.4, -0.2) is 32.4 Å². The van der Waals surface area contributed by atoms with E-state index in [-0.39, 0.29) is 15.8 Å². The molecule has 5 fully saturated rings. The second-order valence-electron chi connectivity index (χ2n) is 11.4. The third-order valence-corrected chi connectivity index (χ3v) is 38.0. The molecule has 0 N–H and O–H groups in total. The first-order valence-electron chi connectivity index (χ1n) is 11.2. The van der Waals surface area contributed by atoms with Crippen LogP contribution < -0.4 is 0 Å². The molecule has 5 aliphatic rings. The molecule has 3 heterocycles. The summed E-state index contributed by atoms with van der Waals surface area (Å²) in [5.74, 6) is 0. The Morgan fingerprint density at radius 2 is 0.962 bits per heavy atom. The normalized spacial score (nSPS) is 45.1. The van der Waals surface area contributed by atoms with Crippen molar-refractivity contribution >= 4 is 39.5 Å². The van der Waals surface area contributed by atoms with E-state index in [4.69, 9.17) is 9.95 Å². The summed E-state index contributed by atoms with van der Waals surface area (Å²) >= 11 is -1.30. The number of hydrogen-bond acceptors (Lipinski definition) is 0. The van der Waals surface area contributed by atoms with Gasteiger partial charge >= 0.3 is 175 Å². The zero-order valence-electron chi connectivity index (χ0n) is 17.9. The van der Waals surface area contributed by atoms with Crippen molar-refractivity contribution in [2.45, 2.75) is 124 Å². The fourth-order valence-electron chi connectivity index (χ4n) is 6.86. The summed E-state index contributed by atoms with van der Waals surface area (Å²) in [5.41, 5.74) is 3.02. The van der Waals surface area contributed by atoms with Gasteiger partial charge in [0.1, 0.15) is 0 Å². The molecule has 0 unspecified atom stereocenters. The average molecular weight is 477 g/mol. The maximum absolute atomic E-state index is 7.64. The first-order chi connectivity index (χ1) is 12.1. The zero-order chi connectivity index (χ0) is 19.0. The van der Waals surface area contributed by atoms with Crippen LogP contribution in [0.4, 0.5) is 0 Å². The van der Waals surface area contributed by atoms with Crippen molar-refractivity contribution < 1.29 is 0 Å². The van der Waals surface area contributed by atoms with Crippen molar-refractivity contribution in [2.24, 2.45) is 10.8 Å². The van der Waals surface area contributed by atoms with Crippen LogP contribution in [0, 0.1) is 10.8 Å². The molecular weight excluding hydrogens is 437 g/mol. The Bertz CT molecular complexity index is 481. The average Bonchev–Trinajstić information content (AvgIpc) is 2.52. The molecule has 0 aromatic carbocycles. The second-order valence-corrected chi connectivity index (χ2v) is 26.5. The van der Waals surface area contributed by atoms with Crippen LogP contribution in [-0.2, 0) is 0 Å². The van der Waals surface area contributed by atoms with E-state index in [0.29, 0.717) is 18.2 Å². The van der Waals surface area contributed by atoms with Crippen LogP contribution in [0.1, 0.15) is 106 Å². The molecule has 3 saturated heterocycles. The fraction of sp³-hybridized carbons (Fsp3) is 1.00. The summed E-state index contributed by atoms with van der Waals surface area (Å²) in [7, 11) is 7.91. The van der Waals surface area contributed by atoms with Gasteiger partial charge in [0.15, 0.2) is 0 Å². The molecule has 0 atom stereocenters. The zero-order valence-corrected chi connectivity index (χ0v) is 22.4. The molecule has 5 rings (SSSR count). The molecule has 2 saturated carbocycles. The van der Waals surface area contributed by atoms with Crippen molar-refractivity contribution in [3.8, 4) is 0 Å². The number of halogens is 1. The molecule has 4 heteroatoms. The predicted molar refractivity (Wildman–Crippen MR) is 124 cm³/mol. The van der Waals surface area contributed by atoms with Gasteiger partial charge in [0, 0.05) is 0 Å². The van der Waals surface area contributed by atoms with Gasteiger partial charge in [-0.2, -0.15) is 0 Å². The SMILES string of the molecule is CC(C)(C)C12P(C3CCCCC3)C(C(C)(C)C)(P1C1CCCCC1)[As]2Cl. The van der Waals surface area contributed by atoms with Gasteiger partial charge in [0.25, 0.3) is 0 Å². The first-order valence-corrected chi connectivity index (χ1v) is 18.3. The minimum atomic E-state index is -1.30. The summed E-state index contributed by atoms with van der Waals surface area (Å²) in [6, 6.07) is 0. The van der Waals surface area contributed by atoms with E-state index >= 15 is 0 Å². The van der Waals surface area contributed by atoms with Gasteiger partial charge in [-0.1, -0.05) is 0 Å². The summed E-state index contributed by atoms with van der Waals surface area (Å²) < 4.78 is 1.34. The van der Waals surface area contributed by atoms with Gasteiger partial charge < -0.3 is 0 Å². The molecule has 0 amide bonds. The van der Waals surface area contributed by atoms with E-state index in [0.717, 1.165) is 11.3 Å². The van der Waals surface area contributed by atoms with Crippen molar-refractivity contribution in [1.82, 2.24) is 0 Å². The molecule has 26 heavy (non-hydrogen) atoms. The van der Waals surface area contributed by atoms with Crippen molar-refractivity contribution in [2.75, 3.05) is 0 Å². The maximum atomic E-state index is 7.64. The summed E-state index contributed by atoms with van der Waals surface area (Å²) in [4.78, 5) is 0. The third kappa shape index (κ3) is 2.47. The van der Waals surface area contributed by atoms with Crippen LogP contribution in [0.2, 0.25) is 0 Å². The van der Waals surface area contributed by atoms with Crippen LogP contribution >= 0.6 is 25.8 Å². The third-order valence-electron chi connectivity index (χ3n) is 7.78. The van der Waals surface area contributed by atoms with Crippen molar-refractivity contribution in [1.29, 1.82) is 0 Å². The van der Waals surface area contributed by atoms with Crippen molar-refractivity contribution in [3.63, 3.8) is 0 Å². The minimum absolute atomic E-state index is 0.134. The van der Waals surface area contributed by atoms with E-state index in [1.165, 1.54) is 64.2 Å².